The van der Waals surface area contributed by atoms with Crippen molar-refractivity contribution in [1.82, 2.24) is 0 Å². The Bertz CT molecular complexity index is 398. The molecule has 2 atom stereocenters. The van der Waals surface area contributed by atoms with E-state index in [2.05, 4.69) is 45.9 Å². The lowest BCUT2D eigenvalue weighted by Gasteiger charge is -2.15. The fourth-order valence-corrected chi connectivity index (χ4v) is 2.90. The molecule has 0 spiro atoms. The minimum atomic E-state index is 0.217. The predicted molar refractivity (Wildman–Crippen MR) is 71.3 cm³/mol. The second-order valence-electron chi connectivity index (χ2n) is 5.85. The van der Waals surface area contributed by atoms with E-state index >= 15 is 0 Å². The lowest BCUT2D eigenvalue weighted by molar-refractivity contribution is 0.239. The van der Waals surface area contributed by atoms with Gasteiger partial charge in [-0.3, -0.25) is 0 Å². The molecular weight excluding hydrogens is 210 g/mol. The summed E-state index contributed by atoms with van der Waals surface area (Å²) in [5.41, 5.74) is 7.48. The van der Waals surface area contributed by atoms with Crippen LogP contribution in [0.5, 0.6) is 5.75 Å². The number of para-hydroxylation sites is 1. The molecule has 17 heavy (non-hydrogen) atoms. The summed E-state index contributed by atoms with van der Waals surface area (Å²) in [5, 5.41) is 0. The lowest BCUT2D eigenvalue weighted by Crippen LogP contribution is -2.08. The summed E-state index contributed by atoms with van der Waals surface area (Å²) < 4.78 is 5.89. The van der Waals surface area contributed by atoms with Gasteiger partial charge in [0.2, 0.25) is 0 Å². The third-order valence-electron chi connectivity index (χ3n) is 3.92. The molecular formula is C15H23NO. The first-order chi connectivity index (χ1) is 7.98. The smallest absolute Gasteiger partial charge is 0.123 e. The van der Waals surface area contributed by atoms with Gasteiger partial charge in [-0.05, 0) is 49.3 Å². The van der Waals surface area contributed by atoms with Crippen molar-refractivity contribution < 1.29 is 4.74 Å². The summed E-state index contributed by atoms with van der Waals surface area (Å²) in [5.74, 6) is 2.15. The Morgan fingerprint density at radius 1 is 1.29 bits per heavy atom. The van der Waals surface area contributed by atoms with Crippen LogP contribution in [0.1, 0.15) is 39.2 Å². The molecule has 2 N–H and O–H groups in total. The Morgan fingerprint density at radius 3 is 2.47 bits per heavy atom. The van der Waals surface area contributed by atoms with Gasteiger partial charge >= 0.3 is 0 Å². The van der Waals surface area contributed by atoms with Crippen LogP contribution in [0.15, 0.2) is 24.3 Å². The average Bonchev–Trinajstić information content (AvgIpc) is 2.80. The molecule has 0 saturated heterocycles. The fourth-order valence-electron chi connectivity index (χ4n) is 2.90. The molecule has 0 radical (unpaired) electrons. The summed E-state index contributed by atoms with van der Waals surface area (Å²) in [4.78, 5) is 0. The van der Waals surface area contributed by atoms with Crippen LogP contribution in [0.3, 0.4) is 0 Å². The average molecular weight is 233 g/mol. The highest BCUT2D eigenvalue weighted by Crippen LogP contribution is 2.65. The normalized spacial score (nSPS) is 26.0. The first kappa shape index (κ1) is 12.4. The Labute approximate surface area is 104 Å². The van der Waals surface area contributed by atoms with Crippen LogP contribution in [-0.2, 0) is 0 Å². The number of benzene rings is 1. The monoisotopic (exact) mass is 233 g/mol. The van der Waals surface area contributed by atoms with Crippen LogP contribution in [0.25, 0.3) is 0 Å². The third kappa shape index (κ3) is 2.19. The molecule has 0 aliphatic heterocycles. The molecule has 2 heteroatoms. The van der Waals surface area contributed by atoms with Crippen molar-refractivity contribution >= 4 is 0 Å². The number of hydrogen-bond acceptors (Lipinski definition) is 2. The molecule has 1 aromatic carbocycles. The summed E-state index contributed by atoms with van der Waals surface area (Å²) in [6.45, 7) is 9.47. The van der Waals surface area contributed by atoms with Crippen LogP contribution in [0, 0.1) is 11.3 Å². The van der Waals surface area contributed by atoms with Crippen molar-refractivity contribution in [2.75, 3.05) is 6.54 Å². The molecule has 1 saturated carbocycles. The highest BCUT2D eigenvalue weighted by molar-refractivity contribution is 5.42. The standard InChI is InChI=1S/C15H23NO/c1-10(2)17-13-8-6-5-7-11(13)14-12(9-16)15(14,3)4/h5-8,10,12,14H,9,16H2,1-4H3. The van der Waals surface area contributed by atoms with E-state index in [1.54, 1.807) is 0 Å². The maximum Gasteiger partial charge on any atom is 0.123 e. The van der Waals surface area contributed by atoms with Gasteiger partial charge in [0.05, 0.1) is 6.10 Å². The van der Waals surface area contributed by atoms with Gasteiger partial charge in [0.1, 0.15) is 5.75 Å². The molecule has 1 aliphatic rings. The van der Waals surface area contributed by atoms with Gasteiger partial charge in [-0.25, -0.2) is 0 Å². The number of ether oxygens (including phenoxy) is 1. The van der Waals surface area contributed by atoms with E-state index in [4.69, 9.17) is 10.5 Å². The molecule has 1 aliphatic carbocycles. The van der Waals surface area contributed by atoms with E-state index < -0.39 is 0 Å². The Kier molecular flexibility index (Phi) is 3.17. The molecule has 0 heterocycles. The molecule has 0 aromatic heterocycles. The van der Waals surface area contributed by atoms with Gasteiger partial charge in [0.15, 0.2) is 0 Å². The zero-order valence-electron chi connectivity index (χ0n) is 11.2. The summed E-state index contributed by atoms with van der Waals surface area (Å²) in [6, 6.07) is 8.37. The second-order valence-corrected chi connectivity index (χ2v) is 5.85. The highest BCUT2D eigenvalue weighted by Gasteiger charge is 2.58. The molecule has 2 unspecified atom stereocenters. The van der Waals surface area contributed by atoms with E-state index in [0.717, 1.165) is 12.3 Å². The summed E-state index contributed by atoms with van der Waals surface area (Å²) in [7, 11) is 0. The molecule has 1 aromatic rings. The first-order valence-electron chi connectivity index (χ1n) is 6.44. The largest absolute Gasteiger partial charge is 0.491 e. The van der Waals surface area contributed by atoms with Crippen LogP contribution in [-0.4, -0.2) is 12.6 Å². The fraction of sp³-hybridized carbons (Fsp3) is 0.600. The van der Waals surface area contributed by atoms with Crippen LogP contribution in [0.2, 0.25) is 0 Å². The summed E-state index contributed by atoms with van der Waals surface area (Å²) in [6.07, 6.45) is 0.217. The van der Waals surface area contributed by atoms with Gasteiger partial charge < -0.3 is 10.5 Å². The first-order valence-corrected chi connectivity index (χ1v) is 6.44. The summed E-state index contributed by atoms with van der Waals surface area (Å²) >= 11 is 0. The van der Waals surface area contributed by atoms with Crippen molar-refractivity contribution in [3.8, 4) is 5.75 Å². The lowest BCUT2D eigenvalue weighted by atomic mass is 10.0. The van der Waals surface area contributed by atoms with E-state index in [1.807, 2.05) is 6.07 Å². The topological polar surface area (TPSA) is 35.2 Å². The molecule has 0 amide bonds. The van der Waals surface area contributed by atoms with E-state index in [-0.39, 0.29) is 6.10 Å². The Morgan fingerprint density at radius 2 is 1.94 bits per heavy atom. The SMILES string of the molecule is CC(C)Oc1ccccc1C1C(CN)C1(C)C. The minimum absolute atomic E-state index is 0.217. The van der Waals surface area contributed by atoms with Crippen molar-refractivity contribution in [1.29, 1.82) is 0 Å². The second kappa shape index (κ2) is 4.34. The van der Waals surface area contributed by atoms with E-state index in [0.29, 0.717) is 17.3 Å². The van der Waals surface area contributed by atoms with Gasteiger partial charge in [-0.15, -0.1) is 0 Å². The zero-order chi connectivity index (χ0) is 12.6. The van der Waals surface area contributed by atoms with Crippen molar-refractivity contribution in [2.24, 2.45) is 17.1 Å². The maximum atomic E-state index is 5.89. The Hall–Kier alpha value is -1.02. The molecule has 2 rings (SSSR count). The molecule has 0 bridgehead atoms. The van der Waals surface area contributed by atoms with Gasteiger partial charge in [-0.2, -0.15) is 0 Å². The Balaban J connectivity index is 2.28. The van der Waals surface area contributed by atoms with Crippen molar-refractivity contribution in [3.05, 3.63) is 29.8 Å². The van der Waals surface area contributed by atoms with E-state index in [9.17, 15) is 0 Å². The molecule has 94 valence electrons. The predicted octanol–water partition coefficient (Wildman–Crippen LogP) is 3.17. The van der Waals surface area contributed by atoms with E-state index in [1.165, 1.54) is 5.56 Å². The van der Waals surface area contributed by atoms with Crippen molar-refractivity contribution in [3.63, 3.8) is 0 Å². The zero-order valence-corrected chi connectivity index (χ0v) is 11.2. The number of rotatable bonds is 4. The highest BCUT2D eigenvalue weighted by atomic mass is 16.5. The van der Waals surface area contributed by atoms with Crippen LogP contribution in [0.4, 0.5) is 0 Å². The minimum Gasteiger partial charge on any atom is -0.491 e. The van der Waals surface area contributed by atoms with Gasteiger partial charge in [-0.1, -0.05) is 32.0 Å². The van der Waals surface area contributed by atoms with Gasteiger partial charge in [0.25, 0.3) is 0 Å². The molecule has 2 nitrogen and oxygen atoms in total. The quantitative estimate of drug-likeness (QED) is 0.867. The number of hydrogen-bond donors (Lipinski definition) is 1. The molecule has 1 fully saturated rings. The van der Waals surface area contributed by atoms with Crippen LogP contribution < -0.4 is 10.5 Å². The number of nitrogens with two attached hydrogens (primary N) is 1. The van der Waals surface area contributed by atoms with Crippen LogP contribution >= 0.6 is 0 Å². The van der Waals surface area contributed by atoms with Gasteiger partial charge in [0, 0.05) is 0 Å². The third-order valence-corrected chi connectivity index (χ3v) is 3.92. The maximum absolute atomic E-state index is 5.89. The van der Waals surface area contributed by atoms with Crippen molar-refractivity contribution in [2.45, 2.75) is 39.7 Å².